The summed E-state index contributed by atoms with van der Waals surface area (Å²) in [6.07, 6.45) is 0. The molecule has 0 spiro atoms. The maximum atomic E-state index is 7.32. The second-order valence-corrected chi connectivity index (χ2v) is 0.224. The summed E-state index contributed by atoms with van der Waals surface area (Å²) in [6, 6.07) is 0. The van der Waals surface area contributed by atoms with Crippen LogP contribution in [0.3, 0.4) is 0 Å². The van der Waals surface area contributed by atoms with Gasteiger partial charge in [0.05, 0.1) is 0 Å². The van der Waals surface area contributed by atoms with E-state index in [9.17, 15) is 0 Å². The summed E-state index contributed by atoms with van der Waals surface area (Å²) in [7, 11) is 1.43. The van der Waals surface area contributed by atoms with Crippen molar-refractivity contribution in [1.82, 2.24) is 5.48 Å². The van der Waals surface area contributed by atoms with Gasteiger partial charge in [-0.3, -0.25) is 0 Å². The molecule has 2 nitrogen and oxygen atoms in total. The molecule has 0 aromatic carbocycles. The number of rotatable bonds is 0. The monoisotopic (exact) mass is 95.0 g/mol. The molecule has 0 atom stereocenters. The minimum Gasteiger partial charge on any atom is -1.00 e. The van der Waals surface area contributed by atoms with Gasteiger partial charge >= 0.3 is 59.1 Å². The van der Waals surface area contributed by atoms with Gasteiger partial charge in [-0.05, 0) is 0 Å². The molecule has 0 radical (unpaired) electrons. The van der Waals surface area contributed by atoms with Gasteiger partial charge in [0, 0.05) is 7.05 Å². The van der Waals surface area contributed by atoms with Crippen LogP contribution in [0.4, 0.5) is 0 Å². The molecule has 24 valence electrons. The van der Waals surface area contributed by atoms with Crippen LogP contribution in [-0.2, 0) is 0 Å². The maximum absolute atomic E-state index is 7.32. The van der Waals surface area contributed by atoms with Crippen molar-refractivity contribution in [1.29, 1.82) is 0 Å². The summed E-state index contributed by atoms with van der Waals surface area (Å²) in [5, 5.41) is 7.32. The van der Waals surface area contributed by atoms with Gasteiger partial charge in [0.2, 0.25) is 0 Å². The van der Waals surface area contributed by atoms with Gasteiger partial charge in [-0.15, -0.1) is 0 Å². The van der Waals surface area contributed by atoms with Gasteiger partial charge in [0.25, 0.3) is 0 Å². The average Bonchev–Trinajstić information content (AvgIpc) is 0.918. The van der Waals surface area contributed by atoms with Crippen LogP contribution in [0.2, 0.25) is 0 Å². The standard InChI is InChI=1S/CH5NO.2Na.2H/c1-2-3;;;;/h2-3H,1H3;;;;/q;2*+1;2*-1. The van der Waals surface area contributed by atoms with E-state index in [2.05, 4.69) is 0 Å². The Balaban J connectivity index is -0.00000000333. The molecule has 0 aromatic heterocycles. The molecule has 5 heavy (non-hydrogen) atoms. The minimum absolute atomic E-state index is 0. The first kappa shape index (κ1) is 15.8. The summed E-state index contributed by atoms with van der Waals surface area (Å²) in [4.78, 5) is 0. The van der Waals surface area contributed by atoms with E-state index in [-0.39, 0.29) is 62.0 Å². The molecule has 0 aromatic rings. The van der Waals surface area contributed by atoms with E-state index in [1.165, 1.54) is 7.05 Å². The third-order valence-corrected chi connectivity index (χ3v) is 0. The van der Waals surface area contributed by atoms with Gasteiger partial charge in [0.1, 0.15) is 0 Å². The van der Waals surface area contributed by atoms with Gasteiger partial charge in [-0.2, -0.15) is 0 Å². The van der Waals surface area contributed by atoms with Crippen molar-refractivity contribution in [3.05, 3.63) is 0 Å². The summed E-state index contributed by atoms with van der Waals surface area (Å²) >= 11 is 0. The zero-order chi connectivity index (χ0) is 2.71. The predicted octanol–water partition coefficient (Wildman–Crippen LogP) is -6.17. The Morgan fingerprint density at radius 2 is 1.60 bits per heavy atom. The summed E-state index contributed by atoms with van der Waals surface area (Å²) in [5.74, 6) is 0. The van der Waals surface area contributed by atoms with Crippen LogP contribution in [0.25, 0.3) is 0 Å². The molecular formula is CH7NNa2O. The third kappa shape index (κ3) is 24.7. The molecule has 4 heteroatoms. The molecule has 0 aliphatic heterocycles. The number of hydroxylamine groups is 1. The van der Waals surface area contributed by atoms with Crippen molar-refractivity contribution >= 4 is 0 Å². The molecule has 0 amide bonds. The Kier molecular flexibility index (Phi) is 53.1. The summed E-state index contributed by atoms with van der Waals surface area (Å²) < 4.78 is 0. The van der Waals surface area contributed by atoms with E-state index < -0.39 is 0 Å². The molecule has 0 saturated heterocycles. The van der Waals surface area contributed by atoms with Crippen LogP contribution in [-0.4, -0.2) is 12.3 Å². The Morgan fingerprint density at radius 1 is 1.60 bits per heavy atom. The van der Waals surface area contributed by atoms with Crippen molar-refractivity contribution in [3.63, 3.8) is 0 Å². The van der Waals surface area contributed by atoms with Gasteiger partial charge in [-0.1, -0.05) is 0 Å². The van der Waals surface area contributed by atoms with Crippen LogP contribution >= 0.6 is 0 Å². The van der Waals surface area contributed by atoms with Gasteiger partial charge < -0.3 is 8.06 Å². The first-order chi connectivity index (χ1) is 1.41. The van der Waals surface area contributed by atoms with Crippen molar-refractivity contribution < 1.29 is 67.2 Å². The second-order valence-electron chi connectivity index (χ2n) is 0.224. The first-order valence-corrected chi connectivity index (χ1v) is 0.724. The van der Waals surface area contributed by atoms with Crippen LogP contribution in [0, 0.1) is 0 Å². The maximum Gasteiger partial charge on any atom is 1.00 e. The fourth-order valence-electron chi connectivity index (χ4n) is 0. The number of nitrogens with one attached hydrogen (secondary N) is 1. The molecule has 0 unspecified atom stereocenters. The Bertz CT molecular complexity index is 15.7. The number of hydrogen-bond acceptors (Lipinski definition) is 2. The zero-order valence-electron chi connectivity index (χ0n) is 5.95. The fraction of sp³-hybridized carbons (Fsp3) is 1.00. The second kappa shape index (κ2) is 16.8. The number of hydrogen-bond donors (Lipinski definition) is 2. The third-order valence-electron chi connectivity index (χ3n) is 0. The molecule has 0 rings (SSSR count). The Labute approximate surface area is 78.8 Å². The molecular weight excluding hydrogens is 88.0 g/mol. The van der Waals surface area contributed by atoms with E-state index in [0.29, 0.717) is 0 Å². The van der Waals surface area contributed by atoms with E-state index >= 15 is 0 Å². The SMILES string of the molecule is CNO.[H-].[H-].[Na+].[Na+]. The Hall–Kier alpha value is 1.92. The molecule has 0 heterocycles. The largest absolute Gasteiger partial charge is 1.00 e. The minimum atomic E-state index is 0. The van der Waals surface area contributed by atoms with E-state index in [0.717, 1.165) is 0 Å². The van der Waals surface area contributed by atoms with Crippen molar-refractivity contribution in [2.75, 3.05) is 7.05 Å². The molecule has 0 aliphatic carbocycles. The van der Waals surface area contributed by atoms with Gasteiger partial charge in [-0.25, -0.2) is 5.48 Å². The van der Waals surface area contributed by atoms with E-state index in [4.69, 9.17) is 5.21 Å². The molecule has 2 N–H and O–H groups in total. The fourth-order valence-corrected chi connectivity index (χ4v) is 0. The van der Waals surface area contributed by atoms with Crippen LogP contribution in [0.15, 0.2) is 0 Å². The Morgan fingerprint density at radius 3 is 1.60 bits per heavy atom. The summed E-state index contributed by atoms with van der Waals surface area (Å²) in [5.41, 5.74) is 1.75. The van der Waals surface area contributed by atoms with Crippen LogP contribution < -0.4 is 64.6 Å². The zero-order valence-corrected chi connectivity index (χ0v) is 7.95. The first-order valence-electron chi connectivity index (χ1n) is 0.724. The normalized spacial score (nSPS) is 3.60. The predicted molar refractivity (Wildman–Crippen MR) is 13.1 cm³/mol. The topological polar surface area (TPSA) is 32.3 Å². The smallest absolute Gasteiger partial charge is 1.00 e. The van der Waals surface area contributed by atoms with Crippen molar-refractivity contribution in [3.8, 4) is 0 Å². The van der Waals surface area contributed by atoms with Crippen molar-refractivity contribution in [2.45, 2.75) is 0 Å². The summed E-state index contributed by atoms with van der Waals surface area (Å²) in [6.45, 7) is 0. The molecule has 0 aliphatic rings. The quantitative estimate of drug-likeness (QED) is 0.232. The molecule has 0 bridgehead atoms. The van der Waals surface area contributed by atoms with E-state index in [1.807, 2.05) is 0 Å². The molecule has 0 saturated carbocycles. The van der Waals surface area contributed by atoms with Gasteiger partial charge in [0.15, 0.2) is 0 Å². The van der Waals surface area contributed by atoms with E-state index in [1.54, 1.807) is 5.48 Å². The average molecular weight is 95.1 g/mol. The van der Waals surface area contributed by atoms with Crippen LogP contribution in [0.1, 0.15) is 2.85 Å². The van der Waals surface area contributed by atoms with Crippen molar-refractivity contribution in [2.24, 2.45) is 0 Å². The van der Waals surface area contributed by atoms with Crippen LogP contribution in [0.5, 0.6) is 0 Å². The molecule has 0 fully saturated rings.